The van der Waals surface area contributed by atoms with Gasteiger partial charge in [0.25, 0.3) is 0 Å². The van der Waals surface area contributed by atoms with Crippen LogP contribution in [0, 0.1) is 183 Å². The van der Waals surface area contributed by atoms with Gasteiger partial charge in [0.15, 0.2) is 0 Å². The van der Waals surface area contributed by atoms with Crippen LogP contribution in [0.25, 0.3) is 0 Å². The summed E-state index contributed by atoms with van der Waals surface area (Å²) >= 11 is 0. The molecule has 16 nitrogen and oxygen atoms in total. The Morgan fingerprint density at radius 1 is 0.278 bits per heavy atom. The third kappa shape index (κ3) is 29.7. The van der Waals surface area contributed by atoms with Crippen LogP contribution in [0.4, 0.5) is 0 Å². The van der Waals surface area contributed by atoms with Crippen molar-refractivity contribution >= 4 is 41.8 Å². The molecule has 18 saturated carbocycles. The maximum Gasteiger partial charge on any atom is 0.333 e. The van der Waals surface area contributed by atoms with Crippen LogP contribution >= 0.6 is 0 Å². The Labute approximate surface area is 806 Å². The zero-order valence-electron chi connectivity index (χ0n) is 85.9. The molecule has 0 aliphatic heterocycles. The summed E-state index contributed by atoms with van der Waals surface area (Å²) in [7, 11) is 3.60. The number of allylic oxidation sites excluding steroid dienone is 7. The maximum absolute atomic E-state index is 10.6. The fraction of sp³-hybridized carbons (Fsp3) is 0.752. The Kier molecular flexibility index (Phi) is 44.7. The van der Waals surface area contributed by atoms with Gasteiger partial charge in [-0.1, -0.05) is 115 Å². The van der Waals surface area contributed by atoms with E-state index < -0.39 is 0 Å². The summed E-state index contributed by atoms with van der Waals surface area (Å²) in [6, 6.07) is 0. The molecule has 0 saturated heterocycles. The van der Waals surface area contributed by atoms with Crippen molar-refractivity contribution in [3.8, 4) is 0 Å². The number of fused-ring (bicyclic) bond motifs is 41. The van der Waals surface area contributed by atoms with Crippen molar-refractivity contribution in [3.05, 3.63) is 134 Å². The van der Waals surface area contributed by atoms with Gasteiger partial charge in [0.2, 0.25) is 0 Å². The zero-order chi connectivity index (χ0) is 96.9. The Morgan fingerprint density at radius 3 is 0.805 bits per heavy atom. The van der Waals surface area contributed by atoms with Gasteiger partial charge in [0, 0.05) is 58.6 Å². The molecule has 0 aromatic heterocycles. The van der Waals surface area contributed by atoms with E-state index in [2.05, 4.69) is 114 Å². The zero-order valence-corrected chi connectivity index (χ0v) is 85.9. The average Bonchev–Trinajstić information content (AvgIpc) is 1.52. The number of hydrogen-bond acceptors (Lipinski definition) is 16. The smallest absolute Gasteiger partial charge is 0.333 e. The van der Waals surface area contributed by atoms with Gasteiger partial charge in [0.1, 0.15) is 0 Å². The van der Waals surface area contributed by atoms with Gasteiger partial charge < -0.3 is 42.6 Å². The SMILES string of the molecule is C1=CC2CC1C1C3CCC(C3)C21.C1=CC2CCC1C2.C1CC2CC1C1C3CC(C4CCC43)C21.C1CC2CC1C1C3CCC(C3)C21.C1CC2CC1C1CCC21.C=C(C)C(=O)OCC.C=C(C)C(=O)OCC.C=C(C)C(=O)OCC.C=C(C)C(=O)OCC.C=C(C)C(=O)OCCC.C=C(C)C(=O)OCCC.C=C(C)C(=O)OCCC.COCC12C=CC(CC1)C2.COCC1C2C=CC1CC2. The molecule has 20 bridgehead atoms. The minimum atomic E-state index is -0.312. The second-order valence-corrected chi connectivity index (χ2v) is 44.0. The topological polar surface area (TPSA) is 203 Å². The number of esters is 7. The number of methoxy groups -OCH3 is 2. The molecule has 18 fully saturated rings. The first-order valence-electron chi connectivity index (χ1n) is 53.2. The van der Waals surface area contributed by atoms with Gasteiger partial charge in [-0.05, 0) is 459 Å². The van der Waals surface area contributed by atoms with Gasteiger partial charge in [-0.2, -0.15) is 0 Å². The summed E-state index contributed by atoms with van der Waals surface area (Å²) in [6.07, 6.45) is 67.0. The first-order chi connectivity index (χ1) is 63.7. The number of rotatable bonds is 21. The number of carbonyl (C=O) groups excluding carboxylic acids is 7. The summed E-state index contributed by atoms with van der Waals surface area (Å²) < 4.78 is 42.8. The van der Waals surface area contributed by atoms with Crippen molar-refractivity contribution in [1.29, 1.82) is 0 Å². The number of carbonyl (C=O) groups is 7. The van der Waals surface area contributed by atoms with Crippen molar-refractivity contribution < 1.29 is 76.2 Å². The molecular weight excluding hydrogens is 1660 g/mol. The van der Waals surface area contributed by atoms with Crippen LogP contribution in [0.5, 0.6) is 0 Å². The third-order valence-electron chi connectivity index (χ3n) is 34.8. The van der Waals surface area contributed by atoms with Crippen molar-refractivity contribution in [3.63, 3.8) is 0 Å². The lowest BCUT2D eigenvalue weighted by atomic mass is 9.56. The molecule has 746 valence electrons. The molecule has 22 aliphatic carbocycles. The van der Waals surface area contributed by atoms with Crippen LogP contribution in [-0.4, -0.2) is 115 Å². The fourth-order valence-electron chi connectivity index (χ4n) is 29.2. The summed E-state index contributed by atoms with van der Waals surface area (Å²) in [5, 5.41) is 0. The minimum Gasteiger partial charge on any atom is -0.463 e. The minimum absolute atomic E-state index is 0.295. The number of ether oxygens (including phenoxy) is 9. The summed E-state index contributed by atoms with van der Waals surface area (Å²) in [5.74, 6) is 31.9. The first kappa shape index (κ1) is 110. The quantitative estimate of drug-likeness (QED) is 0.0345. The fourth-order valence-corrected chi connectivity index (χ4v) is 29.2. The van der Waals surface area contributed by atoms with E-state index in [1.54, 1.807) is 219 Å². The number of hydrogen-bond donors (Lipinski definition) is 0. The normalized spacial score (nSPS) is 36.2. The Balaban J connectivity index is 0.000000162. The maximum atomic E-state index is 10.6. The van der Waals surface area contributed by atoms with E-state index in [-0.39, 0.29) is 41.8 Å². The largest absolute Gasteiger partial charge is 0.463 e. The molecule has 28 atom stereocenters. The Hall–Kier alpha value is -6.65. The lowest BCUT2D eigenvalue weighted by Gasteiger charge is -2.49. The van der Waals surface area contributed by atoms with Gasteiger partial charge >= 0.3 is 41.8 Å². The van der Waals surface area contributed by atoms with Gasteiger partial charge in [-0.15, -0.1) is 0 Å². The van der Waals surface area contributed by atoms with E-state index in [4.69, 9.17) is 23.7 Å². The standard InChI is InChI=1S/C14H20.C12H18.C12H16.2C9H14O.C9H14.3C7H12O2.C7H10.4C6H10O2/c1-2-8-5-7(1)13-11-6-12(14(8)13)10-4-3-9(10)11;2*1-2-8-5-7(1)11-9-3-4-10(6-9)12(8)11;1-10-7-9-4-2-8(6-9)3-5-9;1-10-6-9-7-2-3-8(9)5-4-7;1-2-7-5-6(1)8-3-4-9(7)8;3*1-4-5-9-7(8)6(2)3;1-2-7-4-3-6(1)5-7;4*1-4-8-6(7)5(2)3/h7-14H,1-6H2;7-12H,1-6H2;1-2,7-12H,3-6H2;2,4,8H,3,5-7H2,1H3;2-3,7-9H,4-6H2,1H3;6-9H,1-5H2;3*2,4-5H2,1,3H3;1-2,6-7H,3-5H2;4*2,4H2,1,3H3. The van der Waals surface area contributed by atoms with E-state index in [0.29, 0.717) is 90.7 Å². The van der Waals surface area contributed by atoms with Crippen molar-refractivity contribution in [2.24, 2.45) is 183 Å². The highest BCUT2D eigenvalue weighted by Crippen LogP contribution is 2.74. The van der Waals surface area contributed by atoms with Crippen LogP contribution in [0.3, 0.4) is 0 Å². The lowest BCUT2D eigenvalue weighted by molar-refractivity contribution is -0.139. The molecule has 0 spiro atoms. The van der Waals surface area contributed by atoms with Gasteiger partial charge in [-0.25, -0.2) is 33.6 Å². The Morgan fingerprint density at radius 2 is 0.579 bits per heavy atom. The molecular formula is C117H182O16. The van der Waals surface area contributed by atoms with Crippen LogP contribution in [0.2, 0.25) is 0 Å². The average molecular weight is 1840 g/mol. The molecule has 22 rings (SSSR count). The highest BCUT2D eigenvalue weighted by Gasteiger charge is 2.67. The van der Waals surface area contributed by atoms with Gasteiger partial charge in [0.05, 0.1) is 59.5 Å². The summed E-state index contributed by atoms with van der Waals surface area (Å²) in [5.41, 5.74) is 3.65. The van der Waals surface area contributed by atoms with Crippen LogP contribution in [0.1, 0.15) is 302 Å². The van der Waals surface area contributed by atoms with E-state index in [9.17, 15) is 33.6 Å². The Bertz CT molecular complexity index is 3660. The predicted molar refractivity (Wildman–Crippen MR) is 535 cm³/mol. The molecule has 0 aromatic carbocycles. The molecule has 133 heavy (non-hydrogen) atoms. The highest BCUT2D eigenvalue weighted by molar-refractivity contribution is 5.89. The lowest BCUT2D eigenvalue weighted by Crippen LogP contribution is -2.42. The monoisotopic (exact) mass is 1840 g/mol. The summed E-state index contributed by atoms with van der Waals surface area (Å²) in [6.45, 7) is 53.3. The molecule has 28 unspecified atom stereocenters. The molecule has 0 amide bonds. The summed E-state index contributed by atoms with van der Waals surface area (Å²) in [4.78, 5) is 73.4. The van der Waals surface area contributed by atoms with Crippen LogP contribution in [-0.2, 0) is 76.2 Å². The first-order valence-corrected chi connectivity index (χ1v) is 53.2. The second kappa shape index (κ2) is 54.1. The molecule has 0 heterocycles. The van der Waals surface area contributed by atoms with E-state index >= 15 is 0 Å². The van der Waals surface area contributed by atoms with Crippen molar-refractivity contribution in [2.75, 3.05) is 73.7 Å². The van der Waals surface area contributed by atoms with Crippen LogP contribution < -0.4 is 0 Å². The predicted octanol–water partition coefficient (Wildman–Crippen LogP) is 26.6. The second-order valence-electron chi connectivity index (χ2n) is 44.0. The molecule has 0 N–H and O–H groups in total. The van der Waals surface area contributed by atoms with Crippen molar-refractivity contribution in [2.45, 2.75) is 302 Å². The molecule has 22 aliphatic rings. The molecule has 0 radical (unpaired) electrons. The van der Waals surface area contributed by atoms with E-state index in [0.717, 1.165) is 103 Å². The van der Waals surface area contributed by atoms with Gasteiger partial charge in [-0.3, -0.25) is 0 Å². The molecule has 0 aromatic rings. The van der Waals surface area contributed by atoms with E-state index in [1.807, 2.05) is 20.8 Å². The molecule has 16 heteroatoms. The highest BCUT2D eigenvalue weighted by atomic mass is 16.6. The third-order valence-corrected chi connectivity index (χ3v) is 34.8. The van der Waals surface area contributed by atoms with E-state index in [1.165, 1.54) is 164 Å². The van der Waals surface area contributed by atoms with Crippen LogP contribution in [0.15, 0.2) is 134 Å². The van der Waals surface area contributed by atoms with Crippen molar-refractivity contribution in [1.82, 2.24) is 0 Å².